The van der Waals surface area contributed by atoms with E-state index in [0.29, 0.717) is 13.1 Å². The van der Waals surface area contributed by atoms with Crippen molar-refractivity contribution in [3.8, 4) is 0 Å². The molecule has 0 spiro atoms. The van der Waals surface area contributed by atoms with Crippen LogP contribution >= 0.6 is 0 Å². The third-order valence-corrected chi connectivity index (χ3v) is 5.03. The van der Waals surface area contributed by atoms with Gasteiger partial charge in [0.15, 0.2) is 0 Å². The van der Waals surface area contributed by atoms with E-state index in [4.69, 9.17) is 0 Å². The van der Waals surface area contributed by atoms with Gasteiger partial charge in [0, 0.05) is 18.5 Å². The maximum absolute atomic E-state index is 12.3. The zero-order chi connectivity index (χ0) is 19.6. The van der Waals surface area contributed by atoms with E-state index < -0.39 is 0 Å². The van der Waals surface area contributed by atoms with E-state index in [0.717, 1.165) is 6.42 Å². The first-order valence-electron chi connectivity index (χ1n) is 9.89. The summed E-state index contributed by atoms with van der Waals surface area (Å²) in [6.07, 6.45) is 0.869. The maximum atomic E-state index is 12.3. The Labute approximate surface area is 167 Å². The van der Waals surface area contributed by atoms with Crippen LogP contribution in [0, 0.1) is 0 Å². The Kier molecular flexibility index (Phi) is 7.39. The second-order valence-corrected chi connectivity index (χ2v) is 7.03. The largest absolute Gasteiger partial charge is 0.355 e. The average molecular weight is 373 g/mol. The van der Waals surface area contributed by atoms with Gasteiger partial charge in [-0.3, -0.25) is 4.79 Å². The van der Waals surface area contributed by atoms with Crippen molar-refractivity contribution in [2.45, 2.75) is 25.3 Å². The van der Waals surface area contributed by atoms with E-state index in [-0.39, 0.29) is 17.9 Å². The molecular formula is C25H28N2O. The van der Waals surface area contributed by atoms with E-state index in [1.807, 2.05) is 30.3 Å². The molecule has 0 saturated carbocycles. The highest BCUT2D eigenvalue weighted by Gasteiger charge is 2.14. The lowest BCUT2D eigenvalue weighted by atomic mass is 9.88. The fourth-order valence-corrected chi connectivity index (χ4v) is 3.42. The summed E-state index contributed by atoms with van der Waals surface area (Å²) in [5.41, 5.74) is 3.74. The number of carbonyl (C=O) groups excluding carboxylic acids is 1. The molecule has 0 aliphatic heterocycles. The van der Waals surface area contributed by atoms with Crippen LogP contribution in [0.4, 0.5) is 0 Å². The first-order chi connectivity index (χ1) is 13.7. The van der Waals surface area contributed by atoms with Crippen molar-refractivity contribution in [1.29, 1.82) is 0 Å². The van der Waals surface area contributed by atoms with E-state index in [2.05, 4.69) is 78.2 Å². The molecule has 1 amide bonds. The summed E-state index contributed by atoms with van der Waals surface area (Å²) in [7, 11) is 0. The minimum absolute atomic E-state index is 0.0302. The molecule has 0 aliphatic carbocycles. The van der Waals surface area contributed by atoms with Crippen molar-refractivity contribution in [3.63, 3.8) is 0 Å². The van der Waals surface area contributed by atoms with Crippen molar-refractivity contribution >= 4 is 5.91 Å². The van der Waals surface area contributed by atoms with Crippen molar-refractivity contribution in [1.82, 2.24) is 10.6 Å². The molecule has 3 heteroatoms. The van der Waals surface area contributed by atoms with Gasteiger partial charge >= 0.3 is 0 Å². The van der Waals surface area contributed by atoms with E-state index >= 15 is 0 Å². The fourth-order valence-electron chi connectivity index (χ4n) is 3.42. The SMILES string of the molecule is CC(NCC(=O)NCCC(c1ccccc1)c1ccccc1)c1ccccc1. The van der Waals surface area contributed by atoms with E-state index in [1.54, 1.807) is 0 Å². The predicted molar refractivity (Wildman–Crippen MR) is 115 cm³/mol. The van der Waals surface area contributed by atoms with Crippen LogP contribution in [0.5, 0.6) is 0 Å². The van der Waals surface area contributed by atoms with Gasteiger partial charge in [-0.25, -0.2) is 0 Å². The van der Waals surface area contributed by atoms with E-state index in [1.165, 1.54) is 16.7 Å². The summed E-state index contributed by atoms with van der Waals surface area (Å²) in [4.78, 5) is 12.3. The van der Waals surface area contributed by atoms with Gasteiger partial charge in [0.2, 0.25) is 5.91 Å². The summed E-state index contributed by atoms with van der Waals surface area (Å²) >= 11 is 0. The number of rotatable bonds is 9. The molecular weight excluding hydrogens is 344 g/mol. The molecule has 3 rings (SSSR count). The predicted octanol–water partition coefficient (Wildman–Crippen LogP) is 4.68. The standard InChI is InChI=1S/C25H28N2O/c1-20(21-11-5-2-6-12-21)27-19-25(28)26-18-17-24(22-13-7-3-8-14-22)23-15-9-4-10-16-23/h2-16,20,24,27H,17-19H2,1H3,(H,26,28). The van der Waals surface area contributed by atoms with Gasteiger partial charge in [-0.1, -0.05) is 91.0 Å². The molecule has 2 N–H and O–H groups in total. The summed E-state index contributed by atoms with van der Waals surface area (Å²) in [6, 6.07) is 31.3. The minimum Gasteiger partial charge on any atom is -0.355 e. The van der Waals surface area contributed by atoms with Gasteiger partial charge in [-0.05, 0) is 30.0 Å². The third-order valence-electron chi connectivity index (χ3n) is 5.03. The number of benzene rings is 3. The van der Waals surface area contributed by atoms with Crippen molar-refractivity contribution < 1.29 is 4.79 Å². The number of amides is 1. The van der Waals surface area contributed by atoms with Gasteiger partial charge in [0.1, 0.15) is 0 Å². The first kappa shape index (κ1) is 19.8. The Morgan fingerprint density at radius 3 is 1.71 bits per heavy atom. The fraction of sp³-hybridized carbons (Fsp3) is 0.240. The molecule has 0 heterocycles. The molecule has 0 radical (unpaired) electrons. The number of hydrogen-bond acceptors (Lipinski definition) is 2. The molecule has 3 nitrogen and oxygen atoms in total. The molecule has 0 fully saturated rings. The molecule has 0 bridgehead atoms. The van der Waals surface area contributed by atoms with Crippen LogP contribution in [0.1, 0.15) is 42.0 Å². The van der Waals surface area contributed by atoms with Crippen molar-refractivity contribution in [3.05, 3.63) is 108 Å². The second-order valence-electron chi connectivity index (χ2n) is 7.03. The smallest absolute Gasteiger partial charge is 0.233 e. The first-order valence-corrected chi connectivity index (χ1v) is 9.89. The highest BCUT2D eigenvalue weighted by Crippen LogP contribution is 2.27. The Morgan fingerprint density at radius 2 is 1.21 bits per heavy atom. The summed E-state index contributed by atoms with van der Waals surface area (Å²) < 4.78 is 0. The molecule has 0 aliphatic rings. The number of hydrogen-bond donors (Lipinski definition) is 2. The zero-order valence-corrected chi connectivity index (χ0v) is 16.3. The molecule has 28 heavy (non-hydrogen) atoms. The Hall–Kier alpha value is -2.91. The second kappa shape index (κ2) is 10.4. The molecule has 3 aromatic rings. The molecule has 3 aromatic carbocycles. The van der Waals surface area contributed by atoms with Crippen LogP contribution in [0.25, 0.3) is 0 Å². The zero-order valence-electron chi connectivity index (χ0n) is 16.3. The number of carbonyl (C=O) groups is 1. The van der Waals surface area contributed by atoms with Crippen LogP contribution in [0.2, 0.25) is 0 Å². The van der Waals surface area contributed by atoms with Crippen LogP contribution in [-0.2, 0) is 4.79 Å². The summed E-state index contributed by atoms with van der Waals surface area (Å²) in [6.45, 7) is 3.04. The minimum atomic E-state index is 0.0302. The Balaban J connectivity index is 1.51. The van der Waals surface area contributed by atoms with Gasteiger partial charge in [-0.15, -0.1) is 0 Å². The van der Waals surface area contributed by atoms with Crippen LogP contribution in [0.3, 0.4) is 0 Å². The van der Waals surface area contributed by atoms with Crippen molar-refractivity contribution in [2.75, 3.05) is 13.1 Å². The van der Waals surface area contributed by atoms with Crippen molar-refractivity contribution in [2.24, 2.45) is 0 Å². The third kappa shape index (κ3) is 5.80. The lowest BCUT2D eigenvalue weighted by Crippen LogP contribution is -2.35. The lowest BCUT2D eigenvalue weighted by molar-refractivity contribution is -0.120. The van der Waals surface area contributed by atoms with E-state index in [9.17, 15) is 4.79 Å². The quantitative estimate of drug-likeness (QED) is 0.573. The lowest BCUT2D eigenvalue weighted by Gasteiger charge is -2.19. The topological polar surface area (TPSA) is 41.1 Å². The Bertz CT molecular complexity index is 795. The molecule has 0 aromatic heterocycles. The van der Waals surface area contributed by atoms with Crippen LogP contribution < -0.4 is 10.6 Å². The highest BCUT2D eigenvalue weighted by molar-refractivity contribution is 5.78. The monoisotopic (exact) mass is 372 g/mol. The van der Waals surface area contributed by atoms with Gasteiger partial charge in [0.25, 0.3) is 0 Å². The molecule has 0 saturated heterocycles. The van der Waals surface area contributed by atoms with Gasteiger partial charge in [-0.2, -0.15) is 0 Å². The normalized spacial score (nSPS) is 11.9. The van der Waals surface area contributed by atoms with Crippen LogP contribution in [0.15, 0.2) is 91.0 Å². The summed E-state index contributed by atoms with van der Waals surface area (Å²) in [5.74, 6) is 0.307. The molecule has 1 atom stereocenters. The van der Waals surface area contributed by atoms with Crippen LogP contribution in [-0.4, -0.2) is 19.0 Å². The Morgan fingerprint density at radius 1 is 0.750 bits per heavy atom. The number of nitrogens with one attached hydrogen (secondary N) is 2. The molecule has 144 valence electrons. The van der Waals surface area contributed by atoms with Gasteiger partial charge < -0.3 is 10.6 Å². The highest BCUT2D eigenvalue weighted by atomic mass is 16.1. The summed E-state index contributed by atoms with van der Waals surface area (Å²) in [5, 5.41) is 6.35. The maximum Gasteiger partial charge on any atom is 0.233 e. The average Bonchev–Trinajstić information content (AvgIpc) is 2.77. The molecule has 1 unspecified atom stereocenters. The van der Waals surface area contributed by atoms with Gasteiger partial charge in [0.05, 0.1) is 6.54 Å².